The highest BCUT2D eigenvalue weighted by Gasteiger charge is 2.43. The Morgan fingerprint density at radius 3 is 2.54 bits per heavy atom. The van der Waals surface area contributed by atoms with Crippen LogP contribution in [-0.4, -0.2) is 79.0 Å². The van der Waals surface area contributed by atoms with Crippen molar-refractivity contribution in [3.8, 4) is 0 Å². The Balaban J connectivity index is 3.00. The Kier molecular flexibility index (Phi) is 9.84. The van der Waals surface area contributed by atoms with E-state index in [9.17, 15) is 19.2 Å². The van der Waals surface area contributed by atoms with E-state index in [-0.39, 0.29) is 24.1 Å². The molecule has 1 aliphatic rings. The third-order valence-electron chi connectivity index (χ3n) is 4.40. The molecule has 1 aliphatic heterocycles. The number of carbonyl (C=O) groups excluding carboxylic acids is 4. The van der Waals surface area contributed by atoms with E-state index in [1.165, 1.54) is 29.8 Å². The molecule has 1 heterocycles. The van der Waals surface area contributed by atoms with Crippen LogP contribution in [0.4, 0.5) is 4.79 Å². The Morgan fingerprint density at radius 2 is 2.00 bits per heavy atom. The van der Waals surface area contributed by atoms with Crippen molar-refractivity contribution in [3.05, 3.63) is 12.7 Å². The quantitative estimate of drug-likeness (QED) is 0.364. The molecule has 0 spiro atoms. The summed E-state index contributed by atoms with van der Waals surface area (Å²) in [6, 6.07) is -2.76. The lowest BCUT2D eigenvalue weighted by molar-refractivity contribution is -0.147. The molecule has 28 heavy (non-hydrogen) atoms. The predicted octanol–water partition coefficient (Wildman–Crippen LogP) is 0.118. The van der Waals surface area contributed by atoms with Crippen LogP contribution in [0.3, 0.4) is 0 Å². The average Bonchev–Trinajstić information content (AvgIpc) is 3.07. The van der Waals surface area contributed by atoms with Crippen LogP contribution in [0.25, 0.3) is 0 Å². The summed E-state index contributed by atoms with van der Waals surface area (Å²) in [4.78, 5) is 50.9. The summed E-state index contributed by atoms with van der Waals surface area (Å²) in [5, 5.41) is 8.02. The standard InChI is InChI=1S/C18H30N4O5S/c1-6-8-19-18(26)20-12-7-9-22(13(23)10-28-5)15(12)16(24)21-14(11(2)3)17(25)27-4/h6,11-12,14-15H,1,7-10H2,2-5H3,(H,21,24)(H2,19,20,26)/t12-,14+,15-/m0/s1. The fourth-order valence-electron chi connectivity index (χ4n) is 3.00. The van der Waals surface area contributed by atoms with Gasteiger partial charge in [0.2, 0.25) is 11.8 Å². The lowest BCUT2D eigenvalue weighted by atomic mass is 10.0. The van der Waals surface area contributed by atoms with E-state index < -0.39 is 36.0 Å². The number of carbonyl (C=O) groups is 4. The lowest BCUT2D eigenvalue weighted by Gasteiger charge is -2.30. The second kappa shape index (κ2) is 11.6. The van der Waals surface area contributed by atoms with Gasteiger partial charge in [-0.15, -0.1) is 6.58 Å². The zero-order valence-corrected chi connectivity index (χ0v) is 17.6. The molecule has 0 bridgehead atoms. The molecule has 0 radical (unpaired) electrons. The van der Waals surface area contributed by atoms with Crippen LogP contribution in [0, 0.1) is 5.92 Å². The van der Waals surface area contributed by atoms with E-state index in [2.05, 4.69) is 22.5 Å². The molecular formula is C18H30N4O5S. The molecule has 9 nitrogen and oxygen atoms in total. The third kappa shape index (κ3) is 6.43. The second-order valence-corrected chi connectivity index (χ2v) is 7.62. The van der Waals surface area contributed by atoms with E-state index >= 15 is 0 Å². The summed E-state index contributed by atoms with van der Waals surface area (Å²) in [6.07, 6.45) is 3.77. The Labute approximate surface area is 170 Å². The maximum atomic E-state index is 13.0. The molecule has 3 N–H and O–H groups in total. The van der Waals surface area contributed by atoms with Crippen LogP contribution in [-0.2, 0) is 19.1 Å². The van der Waals surface area contributed by atoms with E-state index in [1.54, 1.807) is 20.1 Å². The van der Waals surface area contributed by atoms with Crippen LogP contribution in [0.2, 0.25) is 0 Å². The van der Waals surface area contributed by atoms with Gasteiger partial charge in [0, 0.05) is 13.1 Å². The minimum Gasteiger partial charge on any atom is -0.467 e. The van der Waals surface area contributed by atoms with Gasteiger partial charge in [-0.05, 0) is 18.6 Å². The highest BCUT2D eigenvalue weighted by molar-refractivity contribution is 7.99. The van der Waals surface area contributed by atoms with Gasteiger partial charge in [0.15, 0.2) is 0 Å². The Hall–Kier alpha value is -2.23. The van der Waals surface area contributed by atoms with Crippen LogP contribution in [0.15, 0.2) is 12.7 Å². The van der Waals surface area contributed by atoms with Gasteiger partial charge in [-0.25, -0.2) is 9.59 Å². The van der Waals surface area contributed by atoms with E-state index in [1.807, 2.05) is 0 Å². The summed E-state index contributed by atoms with van der Waals surface area (Å²) in [5.41, 5.74) is 0. The number of methoxy groups -OCH3 is 1. The van der Waals surface area contributed by atoms with Crippen LogP contribution in [0.5, 0.6) is 0 Å². The largest absolute Gasteiger partial charge is 0.467 e. The molecule has 1 rings (SSSR count). The monoisotopic (exact) mass is 414 g/mol. The Morgan fingerprint density at radius 1 is 1.32 bits per heavy atom. The first-order valence-electron chi connectivity index (χ1n) is 9.08. The van der Waals surface area contributed by atoms with Crippen LogP contribution < -0.4 is 16.0 Å². The molecule has 1 fully saturated rings. The van der Waals surface area contributed by atoms with Crippen molar-refractivity contribution < 1.29 is 23.9 Å². The van der Waals surface area contributed by atoms with Gasteiger partial charge < -0.3 is 25.6 Å². The van der Waals surface area contributed by atoms with Crippen molar-refractivity contribution in [2.75, 3.05) is 32.2 Å². The smallest absolute Gasteiger partial charge is 0.328 e. The number of hydrogen-bond donors (Lipinski definition) is 3. The van der Waals surface area contributed by atoms with Gasteiger partial charge in [-0.1, -0.05) is 19.9 Å². The van der Waals surface area contributed by atoms with Crippen LogP contribution in [0.1, 0.15) is 20.3 Å². The summed E-state index contributed by atoms with van der Waals surface area (Å²) >= 11 is 1.36. The van der Waals surface area contributed by atoms with E-state index in [4.69, 9.17) is 4.74 Å². The van der Waals surface area contributed by atoms with Crippen molar-refractivity contribution in [3.63, 3.8) is 0 Å². The number of nitrogens with zero attached hydrogens (tertiary/aromatic N) is 1. The minimum absolute atomic E-state index is 0.192. The van der Waals surface area contributed by atoms with Gasteiger partial charge in [-0.3, -0.25) is 9.59 Å². The molecule has 1 saturated heterocycles. The van der Waals surface area contributed by atoms with E-state index in [0.717, 1.165) is 0 Å². The topological polar surface area (TPSA) is 117 Å². The van der Waals surface area contributed by atoms with Crippen molar-refractivity contribution in [2.45, 2.75) is 38.4 Å². The first-order valence-corrected chi connectivity index (χ1v) is 10.5. The number of ether oxygens (including phenoxy) is 1. The number of likely N-dealkylation sites (tertiary alicyclic amines) is 1. The van der Waals surface area contributed by atoms with Gasteiger partial charge in [0.25, 0.3) is 0 Å². The molecule has 0 aromatic carbocycles. The predicted molar refractivity (Wildman–Crippen MR) is 108 cm³/mol. The summed E-state index contributed by atoms with van der Waals surface area (Å²) in [7, 11) is 1.25. The SMILES string of the molecule is C=CCNC(=O)N[C@H]1CCN(C(=O)CSC)[C@@H]1C(=O)N[C@@H](C(=O)OC)C(C)C. The number of hydrogen-bond acceptors (Lipinski definition) is 6. The molecule has 4 amide bonds. The third-order valence-corrected chi connectivity index (χ3v) is 4.93. The number of thioether (sulfide) groups is 1. The zero-order valence-electron chi connectivity index (χ0n) is 16.8. The highest BCUT2D eigenvalue weighted by atomic mass is 32.2. The average molecular weight is 415 g/mol. The number of urea groups is 1. The Bertz CT molecular complexity index is 599. The molecule has 0 aliphatic carbocycles. The van der Waals surface area contributed by atoms with Gasteiger partial charge in [0.05, 0.1) is 18.9 Å². The summed E-state index contributed by atoms with van der Waals surface area (Å²) in [6.45, 7) is 7.72. The van der Waals surface area contributed by atoms with Gasteiger partial charge >= 0.3 is 12.0 Å². The molecule has 158 valence electrons. The lowest BCUT2D eigenvalue weighted by Crippen LogP contribution is -2.59. The van der Waals surface area contributed by atoms with Crippen molar-refractivity contribution in [1.29, 1.82) is 0 Å². The number of nitrogens with one attached hydrogen (secondary N) is 3. The highest BCUT2D eigenvalue weighted by Crippen LogP contribution is 2.20. The maximum absolute atomic E-state index is 13.0. The summed E-state index contributed by atoms with van der Waals surface area (Å²) < 4.78 is 4.76. The molecule has 0 unspecified atom stereocenters. The first-order chi connectivity index (χ1) is 13.3. The number of esters is 1. The summed E-state index contributed by atoms with van der Waals surface area (Å²) in [5.74, 6) is -1.22. The van der Waals surface area contributed by atoms with Gasteiger partial charge in [0.1, 0.15) is 12.1 Å². The number of rotatable bonds is 9. The van der Waals surface area contributed by atoms with E-state index in [0.29, 0.717) is 13.0 Å². The molecular weight excluding hydrogens is 384 g/mol. The second-order valence-electron chi connectivity index (χ2n) is 6.76. The molecule has 10 heteroatoms. The fourth-order valence-corrected chi connectivity index (χ4v) is 3.41. The van der Waals surface area contributed by atoms with Crippen LogP contribution >= 0.6 is 11.8 Å². The first kappa shape index (κ1) is 23.8. The minimum atomic E-state index is -0.903. The maximum Gasteiger partial charge on any atom is 0.328 e. The zero-order chi connectivity index (χ0) is 21.3. The van der Waals surface area contributed by atoms with Crippen molar-refractivity contribution >= 4 is 35.6 Å². The molecule has 0 saturated carbocycles. The van der Waals surface area contributed by atoms with Crippen molar-refractivity contribution in [2.24, 2.45) is 5.92 Å². The fraction of sp³-hybridized carbons (Fsp3) is 0.667. The normalized spacial score (nSPS) is 19.7. The number of amides is 4. The molecule has 0 aromatic rings. The van der Waals surface area contributed by atoms with Gasteiger partial charge in [-0.2, -0.15) is 11.8 Å². The van der Waals surface area contributed by atoms with Crippen molar-refractivity contribution in [1.82, 2.24) is 20.9 Å². The molecule has 0 aromatic heterocycles. The molecule has 3 atom stereocenters.